The summed E-state index contributed by atoms with van der Waals surface area (Å²) in [6.07, 6.45) is 5.67. The van der Waals surface area contributed by atoms with Gasteiger partial charge in [-0.3, -0.25) is 4.79 Å². The molecule has 250 valence electrons. The second kappa shape index (κ2) is 17.2. The number of benzene rings is 4. The number of hydrogen-bond donors (Lipinski definition) is 1. The van der Waals surface area contributed by atoms with Gasteiger partial charge in [0.25, 0.3) is 0 Å². The van der Waals surface area contributed by atoms with Crippen LogP contribution in [0.2, 0.25) is 0 Å². The summed E-state index contributed by atoms with van der Waals surface area (Å²) in [5.41, 5.74) is 9.49. The fraction of sp³-hybridized carbons (Fsp3) is 0.286. The predicted molar refractivity (Wildman–Crippen MR) is 195 cm³/mol. The number of para-hydroxylation sites is 2. The Balaban J connectivity index is 0.000000284. The molecule has 0 fully saturated rings. The number of carbonyl (C=O) groups excluding carboxylic acids is 1. The summed E-state index contributed by atoms with van der Waals surface area (Å²) in [7, 11) is 0. The Kier molecular flexibility index (Phi) is 13.7. The second-order valence-electron chi connectivity index (χ2n) is 13.0. The molecule has 1 aliphatic heterocycles. The first-order chi connectivity index (χ1) is 22.0. The number of anilines is 2. The maximum absolute atomic E-state index is 11.8. The Morgan fingerprint density at radius 1 is 0.532 bits per heavy atom. The number of carbonyl (C=O) groups is 1. The Morgan fingerprint density at radius 2 is 0.872 bits per heavy atom. The van der Waals surface area contributed by atoms with Gasteiger partial charge in [-0.1, -0.05) is 152 Å². The Bertz CT molecular complexity index is 1530. The maximum Gasteiger partial charge on any atom is 0.189 e. The summed E-state index contributed by atoms with van der Waals surface area (Å²) in [5.74, 6) is 1.70. The molecule has 1 heterocycles. The summed E-state index contributed by atoms with van der Waals surface area (Å²) in [5, 5.41) is 9.79. The Labute approximate surface area is 293 Å². The van der Waals surface area contributed by atoms with Crippen molar-refractivity contribution in [3.05, 3.63) is 156 Å². The SMILES string of the molecule is CC(C)c1cccc(C(C)C)c1N1[CH]N(c2c(C(C)C)cccc2C(C)C)C=C1.O=C(/C=C(\O)c1ccccc1)c1ccccc1.[Cu]. The van der Waals surface area contributed by atoms with Crippen molar-refractivity contribution in [2.45, 2.75) is 79.1 Å². The molecule has 0 aliphatic carbocycles. The van der Waals surface area contributed by atoms with Crippen LogP contribution < -0.4 is 9.80 Å². The molecule has 5 rings (SSSR count). The van der Waals surface area contributed by atoms with Crippen molar-refractivity contribution in [2.24, 2.45) is 0 Å². The van der Waals surface area contributed by atoms with E-state index in [1.807, 2.05) is 24.3 Å². The molecule has 0 amide bonds. The number of aliphatic hydroxyl groups is 1. The molecule has 0 spiro atoms. The molecule has 1 aliphatic rings. The average Bonchev–Trinajstić information content (AvgIpc) is 3.54. The molecule has 0 saturated carbocycles. The van der Waals surface area contributed by atoms with Gasteiger partial charge in [0.05, 0.1) is 0 Å². The van der Waals surface area contributed by atoms with Crippen molar-refractivity contribution >= 4 is 22.9 Å². The summed E-state index contributed by atoms with van der Waals surface area (Å²) < 4.78 is 0. The molecule has 47 heavy (non-hydrogen) atoms. The minimum atomic E-state index is -0.202. The predicted octanol–water partition coefficient (Wildman–Crippen LogP) is 11.6. The molecule has 0 unspecified atom stereocenters. The first kappa shape index (κ1) is 37.4. The van der Waals surface area contributed by atoms with E-state index in [2.05, 4.69) is 121 Å². The van der Waals surface area contributed by atoms with Gasteiger partial charge in [-0.2, -0.15) is 0 Å². The van der Waals surface area contributed by atoms with Crippen LogP contribution in [0.15, 0.2) is 116 Å². The monoisotopic (exact) mass is 676 g/mol. The van der Waals surface area contributed by atoms with Gasteiger partial charge < -0.3 is 14.9 Å². The van der Waals surface area contributed by atoms with Gasteiger partial charge in [-0.25, -0.2) is 0 Å². The van der Waals surface area contributed by atoms with Crippen LogP contribution in [-0.2, 0) is 17.1 Å². The van der Waals surface area contributed by atoms with Gasteiger partial charge in [0.1, 0.15) is 5.76 Å². The fourth-order valence-corrected chi connectivity index (χ4v) is 5.74. The van der Waals surface area contributed by atoms with Crippen LogP contribution in [0.5, 0.6) is 0 Å². The van der Waals surface area contributed by atoms with E-state index in [9.17, 15) is 9.90 Å². The van der Waals surface area contributed by atoms with E-state index < -0.39 is 0 Å². The Hall–Kier alpha value is -4.05. The van der Waals surface area contributed by atoms with Crippen LogP contribution in [0, 0.1) is 6.67 Å². The van der Waals surface area contributed by atoms with Crippen molar-refractivity contribution in [3.63, 3.8) is 0 Å². The molecule has 4 aromatic carbocycles. The molecular formula is C42H49CuN2O2. The van der Waals surface area contributed by atoms with Crippen LogP contribution >= 0.6 is 0 Å². The summed E-state index contributed by atoms with van der Waals surface area (Å²) >= 11 is 0. The van der Waals surface area contributed by atoms with Gasteiger partial charge >= 0.3 is 0 Å². The van der Waals surface area contributed by atoms with E-state index in [1.54, 1.807) is 36.4 Å². The quantitative estimate of drug-likeness (QED) is 0.0829. The summed E-state index contributed by atoms with van der Waals surface area (Å²) in [4.78, 5) is 16.4. The van der Waals surface area contributed by atoms with Crippen molar-refractivity contribution in [1.82, 2.24) is 0 Å². The largest absolute Gasteiger partial charge is 0.507 e. The zero-order chi connectivity index (χ0) is 33.4. The molecule has 0 aromatic heterocycles. The van der Waals surface area contributed by atoms with E-state index in [0.717, 1.165) is 0 Å². The molecule has 0 bridgehead atoms. The number of aliphatic hydroxyl groups excluding tert-OH is 1. The van der Waals surface area contributed by atoms with E-state index in [-0.39, 0.29) is 28.6 Å². The van der Waals surface area contributed by atoms with Gasteiger partial charge in [0, 0.05) is 58.0 Å². The summed E-state index contributed by atoms with van der Waals surface area (Å²) in [6, 6.07) is 31.4. The van der Waals surface area contributed by atoms with Crippen LogP contribution in [0.1, 0.15) is 117 Å². The standard InChI is InChI=1S/C27H37N2.C15H12O2.Cu/c1-18(2)22-11-9-12-23(19(3)4)26(22)28-15-16-29(17-28)27-24(20(5)6)13-10-14-25(27)21(7)8;16-14(12-7-3-1-4-8-12)11-15(17)13-9-5-2-6-10-13;/h9-21H,1-8H3;1-11,16H;/b;14-11-;. The van der Waals surface area contributed by atoms with E-state index in [0.29, 0.717) is 34.8 Å². The topological polar surface area (TPSA) is 43.8 Å². The normalized spacial score (nSPS) is 12.9. The zero-order valence-corrected chi connectivity index (χ0v) is 29.8. The molecule has 1 N–H and O–H groups in total. The summed E-state index contributed by atoms with van der Waals surface area (Å²) in [6.45, 7) is 20.5. The van der Waals surface area contributed by atoms with Gasteiger partial charge in [-0.15, -0.1) is 0 Å². The first-order valence-corrected chi connectivity index (χ1v) is 16.4. The number of ketones is 1. The average molecular weight is 677 g/mol. The molecule has 0 atom stereocenters. The second-order valence-corrected chi connectivity index (χ2v) is 13.0. The van der Waals surface area contributed by atoms with E-state index >= 15 is 0 Å². The van der Waals surface area contributed by atoms with Crippen LogP contribution in [0.4, 0.5) is 11.4 Å². The number of hydrogen-bond acceptors (Lipinski definition) is 4. The minimum Gasteiger partial charge on any atom is -0.507 e. The third kappa shape index (κ3) is 9.28. The molecule has 4 aromatic rings. The molecule has 4 nitrogen and oxygen atoms in total. The van der Waals surface area contributed by atoms with Gasteiger partial charge in [0.15, 0.2) is 12.5 Å². The number of allylic oxidation sites excluding steroid dienone is 1. The van der Waals surface area contributed by atoms with Crippen LogP contribution in [-0.4, -0.2) is 10.9 Å². The number of nitrogens with zero attached hydrogens (tertiary/aromatic N) is 2. The number of rotatable bonds is 9. The van der Waals surface area contributed by atoms with E-state index in [4.69, 9.17) is 0 Å². The zero-order valence-electron chi connectivity index (χ0n) is 28.9. The van der Waals surface area contributed by atoms with Gasteiger partial charge in [0.2, 0.25) is 0 Å². The third-order valence-electron chi connectivity index (χ3n) is 8.23. The Morgan fingerprint density at radius 3 is 1.21 bits per heavy atom. The minimum absolute atomic E-state index is 0. The molecule has 0 saturated heterocycles. The van der Waals surface area contributed by atoms with Crippen molar-refractivity contribution in [1.29, 1.82) is 0 Å². The third-order valence-corrected chi connectivity index (χ3v) is 8.23. The van der Waals surface area contributed by atoms with Crippen molar-refractivity contribution < 1.29 is 27.0 Å². The van der Waals surface area contributed by atoms with E-state index in [1.165, 1.54) is 39.7 Å². The molecule has 2 radical (unpaired) electrons. The fourth-order valence-electron chi connectivity index (χ4n) is 5.74. The van der Waals surface area contributed by atoms with Crippen LogP contribution in [0.25, 0.3) is 5.76 Å². The van der Waals surface area contributed by atoms with Crippen LogP contribution in [0.3, 0.4) is 0 Å². The maximum atomic E-state index is 11.8. The first-order valence-electron chi connectivity index (χ1n) is 16.4. The molecular weight excluding hydrogens is 628 g/mol. The van der Waals surface area contributed by atoms with Crippen molar-refractivity contribution in [3.8, 4) is 0 Å². The van der Waals surface area contributed by atoms with Gasteiger partial charge in [-0.05, 0) is 45.9 Å². The smallest absolute Gasteiger partial charge is 0.189 e. The van der Waals surface area contributed by atoms with Crippen molar-refractivity contribution in [2.75, 3.05) is 9.80 Å². The molecule has 5 heteroatoms.